The fraction of sp³-hybridized carbons (Fsp3) is 0.400. The molecule has 0 saturated heterocycles. The van der Waals surface area contributed by atoms with Gasteiger partial charge in [-0.15, -0.1) is 6.58 Å². The van der Waals surface area contributed by atoms with Gasteiger partial charge in [-0.3, -0.25) is 0 Å². The van der Waals surface area contributed by atoms with Gasteiger partial charge in [0.1, 0.15) is 6.10 Å². The predicted octanol–water partition coefficient (Wildman–Crippen LogP) is 0.755. The molecule has 0 spiro atoms. The van der Waals surface area contributed by atoms with Crippen molar-refractivity contribution in [3.63, 3.8) is 0 Å². The Bertz CT molecular complexity index is 255. The molecule has 3 heteroatoms. The molecule has 0 aromatic heterocycles. The van der Waals surface area contributed by atoms with E-state index in [1.165, 1.54) is 19.3 Å². The van der Waals surface area contributed by atoms with E-state index < -0.39 is 11.9 Å². The van der Waals surface area contributed by atoms with Crippen LogP contribution in [0.15, 0.2) is 36.5 Å². The van der Waals surface area contributed by atoms with Crippen molar-refractivity contribution in [3.05, 3.63) is 36.5 Å². The van der Waals surface area contributed by atoms with Gasteiger partial charge >= 0.3 is 0 Å². The first-order chi connectivity index (χ1) is 6.12. The molecule has 2 atom stereocenters. The Hall–Kier alpha value is -0.900. The molecule has 1 rings (SSSR count). The minimum atomic E-state index is -1.59. The molecule has 0 aromatic rings. The molecule has 0 amide bonds. The van der Waals surface area contributed by atoms with Crippen LogP contribution >= 0.6 is 0 Å². The van der Waals surface area contributed by atoms with Crippen molar-refractivity contribution >= 4 is 0 Å². The van der Waals surface area contributed by atoms with E-state index >= 15 is 0 Å². The number of hydrogen-bond acceptors (Lipinski definition) is 3. The third-order valence-electron chi connectivity index (χ3n) is 2.02. The molecule has 0 fully saturated rings. The number of allylic oxidation sites excluding steroid dienone is 3. The topological polar surface area (TPSA) is 49.7 Å². The van der Waals surface area contributed by atoms with Gasteiger partial charge in [-0.2, -0.15) is 0 Å². The van der Waals surface area contributed by atoms with E-state index in [0.717, 1.165) is 5.57 Å². The van der Waals surface area contributed by atoms with Crippen molar-refractivity contribution in [3.8, 4) is 0 Å². The van der Waals surface area contributed by atoms with Crippen LogP contribution in [0.3, 0.4) is 0 Å². The van der Waals surface area contributed by atoms with Crippen LogP contribution in [-0.2, 0) is 4.74 Å². The van der Waals surface area contributed by atoms with Crippen LogP contribution < -0.4 is 0 Å². The van der Waals surface area contributed by atoms with Crippen LogP contribution in [0.2, 0.25) is 0 Å². The maximum atomic E-state index is 9.71. The third kappa shape index (κ3) is 2.06. The molecule has 1 aliphatic carbocycles. The molecule has 3 nitrogen and oxygen atoms in total. The van der Waals surface area contributed by atoms with Gasteiger partial charge in [0.2, 0.25) is 5.79 Å². The second kappa shape index (κ2) is 3.87. The summed E-state index contributed by atoms with van der Waals surface area (Å²) in [7, 11) is 1.35. The van der Waals surface area contributed by atoms with E-state index in [0.29, 0.717) is 6.42 Å². The quantitative estimate of drug-likeness (QED) is 0.500. The van der Waals surface area contributed by atoms with E-state index in [-0.39, 0.29) is 0 Å². The fourth-order valence-corrected chi connectivity index (χ4v) is 1.23. The van der Waals surface area contributed by atoms with E-state index in [4.69, 9.17) is 4.74 Å². The predicted molar refractivity (Wildman–Crippen MR) is 50.0 cm³/mol. The van der Waals surface area contributed by atoms with Crippen molar-refractivity contribution in [2.75, 3.05) is 7.11 Å². The third-order valence-corrected chi connectivity index (χ3v) is 2.02. The molecule has 0 aromatic carbocycles. The lowest BCUT2D eigenvalue weighted by Crippen LogP contribution is -2.42. The Kier molecular flexibility index (Phi) is 3.03. The lowest BCUT2D eigenvalue weighted by atomic mass is 9.97. The second-order valence-corrected chi connectivity index (χ2v) is 2.97. The molecule has 0 heterocycles. The Balaban J connectivity index is 2.86. The average molecular weight is 182 g/mol. The minimum Gasteiger partial charge on any atom is -0.383 e. The van der Waals surface area contributed by atoms with Gasteiger partial charge < -0.3 is 14.9 Å². The molecule has 2 N–H and O–H groups in total. The van der Waals surface area contributed by atoms with Crippen LogP contribution in [0.1, 0.15) is 6.42 Å². The number of methoxy groups -OCH3 is 1. The van der Waals surface area contributed by atoms with Crippen LogP contribution in [0, 0.1) is 0 Å². The zero-order valence-corrected chi connectivity index (χ0v) is 7.60. The summed E-state index contributed by atoms with van der Waals surface area (Å²) in [4.78, 5) is 0. The monoisotopic (exact) mass is 182 g/mol. The second-order valence-electron chi connectivity index (χ2n) is 2.97. The van der Waals surface area contributed by atoms with Crippen molar-refractivity contribution in [1.82, 2.24) is 0 Å². The molecule has 0 bridgehead atoms. The maximum Gasteiger partial charge on any atom is 0.216 e. The first-order valence-electron chi connectivity index (χ1n) is 4.09. The van der Waals surface area contributed by atoms with E-state index in [2.05, 4.69) is 6.58 Å². The lowest BCUT2D eigenvalue weighted by molar-refractivity contribution is -0.195. The highest BCUT2D eigenvalue weighted by Crippen LogP contribution is 2.24. The standard InChI is InChI=1S/C10H14O3/c1-3-4-8-5-6-9(11)10(12,7-8)13-2/h3,5-7,9,11-12H,1,4H2,2H3. The molecule has 13 heavy (non-hydrogen) atoms. The Morgan fingerprint density at radius 1 is 1.77 bits per heavy atom. The van der Waals surface area contributed by atoms with Gasteiger partial charge in [-0.25, -0.2) is 0 Å². The smallest absolute Gasteiger partial charge is 0.216 e. The van der Waals surface area contributed by atoms with E-state index in [9.17, 15) is 10.2 Å². The highest BCUT2D eigenvalue weighted by atomic mass is 16.6. The van der Waals surface area contributed by atoms with E-state index in [1.807, 2.05) is 0 Å². The lowest BCUT2D eigenvalue weighted by Gasteiger charge is -2.29. The van der Waals surface area contributed by atoms with Crippen LogP contribution in [0.4, 0.5) is 0 Å². The van der Waals surface area contributed by atoms with Crippen molar-refractivity contribution in [2.45, 2.75) is 18.3 Å². The molecule has 0 saturated carbocycles. The first kappa shape index (κ1) is 10.2. The maximum absolute atomic E-state index is 9.71. The number of hydrogen-bond donors (Lipinski definition) is 2. The highest BCUT2D eigenvalue weighted by molar-refractivity contribution is 5.30. The van der Waals surface area contributed by atoms with E-state index in [1.54, 1.807) is 12.2 Å². The van der Waals surface area contributed by atoms with Gasteiger partial charge in [0.05, 0.1) is 0 Å². The van der Waals surface area contributed by atoms with Crippen LogP contribution in [-0.4, -0.2) is 29.2 Å². The molecule has 2 unspecified atom stereocenters. The van der Waals surface area contributed by atoms with Gasteiger partial charge in [0.15, 0.2) is 0 Å². The van der Waals surface area contributed by atoms with Crippen molar-refractivity contribution < 1.29 is 14.9 Å². The summed E-state index contributed by atoms with van der Waals surface area (Å²) < 4.78 is 4.81. The Morgan fingerprint density at radius 3 is 3.00 bits per heavy atom. The van der Waals surface area contributed by atoms with Crippen LogP contribution in [0.25, 0.3) is 0 Å². The minimum absolute atomic E-state index is 0.648. The summed E-state index contributed by atoms with van der Waals surface area (Å²) in [5.74, 6) is -1.59. The number of rotatable bonds is 3. The molecule has 72 valence electrons. The molecular weight excluding hydrogens is 168 g/mol. The Morgan fingerprint density at radius 2 is 2.46 bits per heavy atom. The number of aliphatic hydroxyl groups excluding tert-OH is 1. The normalized spacial score (nSPS) is 32.8. The van der Waals surface area contributed by atoms with Gasteiger partial charge in [-0.1, -0.05) is 18.2 Å². The summed E-state index contributed by atoms with van der Waals surface area (Å²) in [6.07, 6.45) is 6.12. The summed E-state index contributed by atoms with van der Waals surface area (Å²) >= 11 is 0. The molecule has 0 aliphatic heterocycles. The number of aliphatic hydroxyl groups is 2. The van der Waals surface area contributed by atoms with Gasteiger partial charge in [-0.05, 0) is 18.1 Å². The Labute approximate surface area is 77.7 Å². The van der Waals surface area contributed by atoms with Crippen LogP contribution in [0.5, 0.6) is 0 Å². The fourth-order valence-electron chi connectivity index (χ4n) is 1.23. The average Bonchev–Trinajstić information content (AvgIpc) is 2.12. The summed E-state index contributed by atoms with van der Waals surface area (Å²) in [6, 6.07) is 0. The van der Waals surface area contributed by atoms with Crippen molar-refractivity contribution in [1.29, 1.82) is 0 Å². The zero-order valence-electron chi connectivity index (χ0n) is 7.60. The summed E-state index contributed by atoms with van der Waals surface area (Å²) in [5.41, 5.74) is 0.879. The largest absolute Gasteiger partial charge is 0.383 e. The summed E-state index contributed by atoms with van der Waals surface area (Å²) in [5, 5.41) is 19.1. The van der Waals surface area contributed by atoms with Gasteiger partial charge in [0.25, 0.3) is 0 Å². The first-order valence-corrected chi connectivity index (χ1v) is 4.09. The molecular formula is C10H14O3. The molecule has 1 aliphatic rings. The van der Waals surface area contributed by atoms with Gasteiger partial charge in [0, 0.05) is 7.11 Å². The molecule has 0 radical (unpaired) electrons. The zero-order chi connectivity index (χ0) is 9.90. The summed E-state index contributed by atoms with van der Waals surface area (Å²) in [6.45, 7) is 3.59. The van der Waals surface area contributed by atoms with Crippen molar-refractivity contribution in [2.24, 2.45) is 0 Å². The number of ether oxygens (including phenoxy) is 1. The highest BCUT2D eigenvalue weighted by Gasteiger charge is 2.33. The SMILES string of the molecule is C=CCC1=CC(O)(OC)C(O)C=C1.